The Morgan fingerprint density at radius 3 is 2.63 bits per heavy atom. The molecule has 0 spiro atoms. The number of alkyl halides is 2. The van der Waals surface area contributed by atoms with Crippen molar-refractivity contribution in [2.45, 2.75) is 44.1 Å². The van der Waals surface area contributed by atoms with E-state index >= 15 is 0 Å². The predicted octanol–water partition coefficient (Wildman–Crippen LogP) is 5.82. The third-order valence-corrected chi connectivity index (χ3v) is 6.35. The van der Waals surface area contributed by atoms with E-state index in [1.807, 2.05) is 38.3 Å². The lowest BCUT2D eigenvalue weighted by Gasteiger charge is -2.24. The van der Waals surface area contributed by atoms with Gasteiger partial charge in [0, 0.05) is 16.9 Å². The molecular weight excluding hydrogens is 476 g/mol. The van der Waals surface area contributed by atoms with Gasteiger partial charge < -0.3 is 25.1 Å². The summed E-state index contributed by atoms with van der Waals surface area (Å²) in [6.07, 6.45) is 0.746. The predicted molar refractivity (Wildman–Crippen MR) is 133 cm³/mol. The van der Waals surface area contributed by atoms with Crippen LogP contribution in [0.3, 0.4) is 0 Å². The number of thioether (sulfide) groups is 1. The largest absolute Gasteiger partial charge is 0.376 e. The highest BCUT2D eigenvalue weighted by atomic mass is 32.2. The minimum atomic E-state index is -2.77. The number of aromatic nitrogens is 3. The highest BCUT2D eigenvalue weighted by molar-refractivity contribution is 7.98. The van der Waals surface area contributed by atoms with Gasteiger partial charge in [-0.2, -0.15) is 0 Å². The van der Waals surface area contributed by atoms with Gasteiger partial charge in [-0.05, 0) is 36.8 Å². The number of hydrogen-bond donors (Lipinski definition) is 3. The van der Waals surface area contributed by atoms with E-state index in [9.17, 15) is 13.6 Å². The Balaban J connectivity index is 0.00000141. The molecule has 0 bridgehead atoms. The third-order valence-electron chi connectivity index (χ3n) is 5.57. The number of amides is 1. The second kappa shape index (κ2) is 11.3. The number of aromatic amines is 1. The Kier molecular flexibility index (Phi) is 8.19. The van der Waals surface area contributed by atoms with Gasteiger partial charge in [0.1, 0.15) is 17.4 Å². The first kappa shape index (κ1) is 25.3. The number of fused-ring (bicyclic) bond motifs is 1. The van der Waals surface area contributed by atoms with Crippen molar-refractivity contribution in [3.63, 3.8) is 0 Å². The quantitative estimate of drug-likeness (QED) is 0.348. The Morgan fingerprint density at radius 1 is 1.17 bits per heavy atom. The summed E-state index contributed by atoms with van der Waals surface area (Å²) in [5.41, 5.74) is 2.73. The Labute approximate surface area is 206 Å². The second-order valence-corrected chi connectivity index (χ2v) is 8.81. The molecule has 11 heteroatoms. The summed E-state index contributed by atoms with van der Waals surface area (Å²) in [7, 11) is 0. The number of nitrogens with one attached hydrogen (secondary N) is 3. The van der Waals surface area contributed by atoms with Crippen LogP contribution in [-0.2, 0) is 14.3 Å². The summed E-state index contributed by atoms with van der Waals surface area (Å²) in [6, 6.07) is 7.52. The number of pyridine rings is 1. The van der Waals surface area contributed by atoms with Gasteiger partial charge in [-0.15, -0.1) is 11.8 Å². The van der Waals surface area contributed by atoms with E-state index in [2.05, 4.69) is 25.6 Å². The molecule has 1 amide bonds. The van der Waals surface area contributed by atoms with E-state index in [0.717, 1.165) is 29.0 Å². The number of anilines is 3. The third kappa shape index (κ3) is 5.91. The number of carbonyl (C=O) groups excluding carboxylic acids is 1. The first-order valence-corrected chi connectivity index (χ1v) is 12.9. The fraction of sp³-hybridized carbons (Fsp3) is 0.458. The standard InChI is InChI=1S/C22H23F2N5O3S.C2H6/c1-33-16-8-12(15-10-31-6-7-32-15)4-5-13(16)25-14-9-17(27-22(30)11-2-3-11)26-20-18(14)28-21(29-20)19(23)24;1-2/h4-5,8-9,11,15,19H,2-3,6-7,10H2,1H3,(H3,25,26,27,28,29,30);1-2H3. The van der Waals surface area contributed by atoms with Crippen LogP contribution in [0.15, 0.2) is 29.2 Å². The van der Waals surface area contributed by atoms with Crippen molar-refractivity contribution in [3.05, 3.63) is 35.7 Å². The van der Waals surface area contributed by atoms with Crippen molar-refractivity contribution in [3.8, 4) is 0 Å². The van der Waals surface area contributed by atoms with Crippen LogP contribution in [0.25, 0.3) is 11.2 Å². The molecule has 1 aliphatic carbocycles. The summed E-state index contributed by atoms with van der Waals surface area (Å²) in [4.78, 5) is 24.0. The Hall–Kier alpha value is -2.76. The van der Waals surface area contributed by atoms with Gasteiger partial charge >= 0.3 is 0 Å². The van der Waals surface area contributed by atoms with Crippen LogP contribution in [0.1, 0.15) is 50.6 Å². The smallest absolute Gasteiger partial charge is 0.295 e. The summed E-state index contributed by atoms with van der Waals surface area (Å²) in [5.74, 6) is -0.344. The maximum Gasteiger partial charge on any atom is 0.295 e. The van der Waals surface area contributed by atoms with Crippen LogP contribution in [-0.4, -0.2) is 46.9 Å². The lowest BCUT2D eigenvalue weighted by atomic mass is 10.1. The van der Waals surface area contributed by atoms with E-state index in [0.29, 0.717) is 31.0 Å². The van der Waals surface area contributed by atoms with Crippen molar-refractivity contribution in [1.29, 1.82) is 0 Å². The van der Waals surface area contributed by atoms with Crippen molar-refractivity contribution in [2.75, 3.05) is 36.7 Å². The van der Waals surface area contributed by atoms with Gasteiger partial charge in [0.25, 0.3) is 6.43 Å². The zero-order valence-electron chi connectivity index (χ0n) is 19.9. The lowest BCUT2D eigenvalue weighted by Crippen LogP contribution is -2.21. The van der Waals surface area contributed by atoms with E-state index in [4.69, 9.17) is 9.47 Å². The Morgan fingerprint density at radius 2 is 1.97 bits per heavy atom. The number of rotatable bonds is 7. The molecule has 188 valence electrons. The number of halogens is 2. The molecule has 2 aliphatic rings. The summed E-state index contributed by atoms with van der Waals surface area (Å²) < 4.78 is 37.9. The minimum absolute atomic E-state index is 0.0173. The average Bonchev–Trinajstić information content (AvgIpc) is 3.65. The molecule has 1 saturated carbocycles. The van der Waals surface area contributed by atoms with Gasteiger partial charge in [0.2, 0.25) is 5.91 Å². The maximum absolute atomic E-state index is 13.3. The van der Waals surface area contributed by atoms with E-state index in [-0.39, 0.29) is 29.4 Å². The second-order valence-electron chi connectivity index (χ2n) is 7.96. The highest BCUT2D eigenvalue weighted by Crippen LogP contribution is 2.36. The van der Waals surface area contributed by atoms with Crippen LogP contribution >= 0.6 is 11.8 Å². The molecule has 1 atom stereocenters. The zero-order valence-corrected chi connectivity index (χ0v) is 20.7. The van der Waals surface area contributed by atoms with Crippen molar-refractivity contribution >= 4 is 46.0 Å². The van der Waals surface area contributed by atoms with Gasteiger partial charge in [-0.25, -0.2) is 18.7 Å². The van der Waals surface area contributed by atoms with Crippen LogP contribution in [0, 0.1) is 5.92 Å². The molecular formula is C24H29F2N5O3S. The van der Waals surface area contributed by atoms with Gasteiger partial charge in [0.15, 0.2) is 11.5 Å². The number of H-pyrrole nitrogens is 1. The average molecular weight is 506 g/mol. The van der Waals surface area contributed by atoms with Crippen LogP contribution in [0.5, 0.6) is 0 Å². The monoisotopic (exact) mass is 505 g/mol. The lowest BCUT2D eigenvalue weighted by molar-refractivity contribution is -0.117. The van der Waals surface area contributed by atoms with Gasteiger partial charge in [-0.3, -0.25) is 4.79 Å². The molecule has 2 aromatic heterocycles. The molecule has 3 aromatic rings. The molecule has 1 saturated heterocycles. The fourth-order valence-corrected chi connectivity index (χ4v) is 4.28. The molecule has 1 aliphatic heterocycles. The molecule has 5 rings (SSSR count). The topological polar surface area (TPSA) is 101 Å². The molecule has 0 radical (unpaired) electrons. The Bertz CT molecular complexity index is 1180. The number of nitrogens with zero attached hydrogens (tertiary/aromatic N) is 2. The molecule has 2 fully saturated rings. The molecule has 35 heavy (non-hydrogen) atoms. The van der Waals surface area contributed by atoms with Gasteiger partial charge in [0.05, 0.1) is 31.2 Å². The van der Waals surface area contributed by atoms with Crippen LogP contribution < -0.4 is 10.6 Å². The number of carbonyl (C=O) groups is 1. The normalized spacial score (nSPS) is 17.7. The summed E-state index contributed by atoms with van der Waals surface area (Å²) in [5, 5.41) is 6.08. The van der Waals surface area contributed by atoms with E-state index < -0.39 is 12.2 Å². The first-order valence-electron chi connectivity index (χ1n) is 11.7. The van der Waals surface area contributed by atoms with Crippen molar-refractivity contribution in [1.82, 2.24) is 15.0 Å². The molecule has 3 heterocycles. The number of ether oxygens (including phenoxy) is 2. The van der Waals surface area contributed by atoms with Gasteiger partial charge in [-0.1, -0.05) is 19.9 Å². The van der Waals surface area contributed by atoms with Crippen molar-refractivity contribution in [2.24, 2.45) is 5.92 Å². The fourth-order valence-electron chi connectivity index (χ4n) is 3.68. The summed E-state index contributed by atoms with van der Waals surface area (Å²) in [6.45, 7) is 5.64. The number of benzene rings is 1. The SMILES string of the molecule is CC.CSc1cc(C2COCCO2)ccc1Nc1cc(NC(=O)C2CC2)nc2nc(C(F)F)[nH]c12. The number of hydrogen-bond acceptors (Lipinski definition) is 7. The first-order chi connectivity index (χ1) is 17.0. The molecule has 1 unspecified atom stereocenters. The van der Waals surface area contributed by atoms with Crippen LogP contribution in [0.4, 0.5) is 26.0 Å². The maximum atomic E-state index is 13.3. The van der Waals surface area contributed by atoms with Crippen LogP contribution in [0.2, 0.25) is 0 Å². The number of imidazole rings is 1. The zero-order chi connectivity index (χ0) is 24.9. The highest BCUT2D eigenvalue weighted by Gasteiger charge is 2.30. The minimum Gasteiger partial charge on any atom is -0.376 e. The van der Waals surface area contributed by atoms with E-state index in [1.54, 1.807) is 17.8 Å². The summed E-state index contributed by atoms with van der Waals surface area (Å²) >= 11 is 1.55. The molecule has 1 aromatic carbocycles. The molecule has 8 nitrogen and oxygen atoms in total. The van der Waals surface area contributed by atoms with E-state index in [1.165, 1.54) is 0 Å². The van der Waals surface area contributed by atoms with Crippen molar-refractivity contribution < 1.29 is 23.0 Å². The molecule has 3 N–H and O–H groups in total.